The van der Waals surface area contributed by atoms with Gasteiger partial charge in [0.2, 0.25) is 0 Å². The standard InChI is InChI=1S/C12H23NO/c1-9-4-3-5-11(9)8-13-12-6-7-14-10(12)2/h9-13H,3-8H2,1-2H3. The van der Waals surface area contributed by atoms with Crippen LogP contribution in [0.3, 0.4) is 0 Å². The van der Waals surface area contributed by atoms with Crippen molar-refractivity contribution in [3.63, 3.8) is 0 Å². The van der Waals surface area contributed by atoms with Crippen molar-refractivity contribution in [3.8, 4) is 0 Å². The van der Waals surface area contributed by atoms with Crippen molar-refractivity contribution < 1.29 is 4.74 Å². The van der Waals surface area contributed by atoms with E-state index in [1.165, 1.54) is 32.2 Å². The molecule has 4 unspecified atom stereocenters. The van der Waals surface area contributed by atoms with Crippen molar-refractivity contribution in [1.29, 1.82) is 0 Å². The van der Waals surface area contributed by atoms with Crippen molar-refractivity contribution in [2.24, 2.45) is 11.8 Å². The zero-order chi connectivity index (χ0) is 9.97. The Balaban J connectivity index is 1.71. The molecular weight excluding hydrogens is 174 g/mol. The van der Waals surface area contributed by atoms with Gasteiger partial charge in [-0.05, 0) is 38.1 Å². The zero-order valence-electron chi connectivity index (χ0n) is 9.46. The second-order valence-corrected chi connectivity index (χ2v) is 5.05. The van der Waals surface area contributed by atoms with Crippen LogP contribution >= 0.6 is 0 Å². The van der Waals surface area contributed by atoms with Gasteiger partial charge in [-0.3, -0.25) is 0 Å². The van der Waals surface area contributed by atoms with Gasteiger partial charge < -0.3 is 10.1 Å². The van der Waals surface area contributed by atoms with Crippen LogP contribution in [0.25, 0.3) is 0 Å². The van der Waals surface area contributed by atoms with Crippen molar-refractivity contribution in [2.45, 2.75) is 51.7 Å². The third-order valence-electron chi connectivity index (χ3n) is 4.06. The Morgan fingerprint density at radius 3 is 2.64 bits per heavy atom. The first-order valence-electron chi connectivity index (χ1n) is 6.12. The van der Waals surface area contributed by atoms with E-state index < -0.39 is 0 Å². The van der Waals surface area contributed by atoms with Gasteiger partial charge >= 0.3 is 0 Å². The first kappa shape index (κ1) is 10.4. The maximum Gasteiger partial charge on any atom is 0.0700 e. The first-order valence-corrected chi connectivity index (χ1v) is 6.12. The average Bonchev–Trinajstić information content (AvgIpc) is 2.72. The molecule has 0 bridgehead atoms. The van der Waals surface area contributed by atoms with E-state index in [-0.39, 0.29) is 0 Å². The van der Waals surface area contributed by atoms with E-state index in [9.17, 15) is 0 Å². The fourth-order valence-electron chi connectivity index (χ4n) is 2.83. The molecule has 2 nitrogen and oxygen atoms in total. The SMILES string of the molecule is CC1CCCC1CNC1CCOC1C. The predicted molar refractivity (Wildman–Crippen MR) is 58.3 cm³/mol. The lowest BCUT2D eigenvalue weighted by atomic mass is 9.97. The van der Waals surface area contributed by atoms with Crippen molar-refractivity contribution in [2.75, 3.05) is 13.2 Å². The fraction of sp³-hybridized carbons (Fsp3) is 1.00. The molecular formula is C12H23NO. The summed E-state index contributed by atoms with van der Waals surface area (Å²) in [5.74, 6) is 1.85. The summed E-state index contributed by atoms with van der Waals surface area (Å²) in [7, 11) is 0. The molecule has 2 aliphatic rings. The lowest BCUT2D eigenvalue weighted by molar-refractivity contribution is 0.112. The molecule has 1 saturated heterocycles. The quantitative estimate of drug-likeness (QED) is 0.749. The highest BCUT2D eigenvalue weighted by atomic mass is 16.5. The molecule has 1 saturated carbocycles. The molecule has 0 aromatic rings. The number of hydrogen-bond acceptors (Lipinski definition) is 2. The molecule has 0 radical (unpaired) electrons. The van der Waals surface area contributed by atoms with E-state index in [1.807, 2.05) is 0 Å². The molecule has 2 rings (SSSR count). The molecule has 1 aliphatic heterocycles. The minimum absolute atomic E-state index is 0.423. The molecule has 1 N–H and O–H groups in total. The summed E-state index contributed by atoms with van der Waals surface area (Å²) < 4.78 is 5.54. The van der Waals surface area contributed by atoms with Crippen LogP contribution < -0.4 is 5.32 Å². The van der Waals surface area contributed by atoms with Crippen LogP contribution in [0.4, 0.5) is 0 Å². The highest BCUT2D eigenvalue weighted by Gasteiger charge is 2.27. The van der Waals surface area contributed by atoms with E-state index in [1.54, 1.807) is 0 Å². The Labute approximate surface area is 87.4 Å². The van der Waals surface area contributed by atoms with Gasteiger partial charge in [-0.25, -0.2) is 0 Å². The average molecular weight is 197 g/mol. The first-order chi connectivity index (χ1) is 6.77. The number of rotatable bonds is 3. The van der Waals surface area contributed by atoms with Crippen molar-refractivity contribution in [1.82, 2.24) is 5.32 Å². The molecule has 0 amide bonds. The fourth-order valence-corrected chi connectivity index (χ4v) is 2.83. The lowest BCUT2D eigenvalue weighted by Crippen LogP contribution is -2.38. The summed E-state index contributed by atoms with van der Waals surface area (Å²) in [5, 5.41) is 3.68. The van der Waals surface area contributed by atoms with E-state index in [2.05, 4.69) is 19.2 Å². The molecule has 82 valence electrons. The van der Waals surface area contributed by atoms with Crippen LogP contribution in [0.2, 0.25) is 0 Å². The largest absolute Gasteiger partial charge is 0.377 e. The lowest BCUT2D eigenvalue weighted by Gasteiger charge is -2.21. The summed E-state index contributed by atoms with van der Waals surface area (Å²) in [5.41, 5.74) is 0. The smallest absolute Gasteiger partial charge is 0.0700 e. The third kappa shape index (κ3) is 2.29. The molecule has 14 heavy (non-hydrogen) atoms. The van der Waals surface area contributed by atoms with Gasteiger partial charge in [-0.1, -0.05) is 19.8 Å². The Morgan fingerprint density at radius 1 is 1.21 bits per heavy atom. The summed E-state index contributed by atoms with van der Waals surface area (Å²) in [6.07, 6.45) is 5.91. The Morgan fingerprint density at radius 2 is 2.07 bits per heavy atom. The summed E-state index contributed by atoms with van der Waals surface area (Å²) >= 11 is 0. The van der Waals surface area contributed by atoms with Crippen LogP contribution in [0, 0.1) is 11.8 Å². The summed E-state index contributed by atoms with van der Waals surface area (Å²) in [6.45, 7) is 6.73. The van der Waals surface area contributed by atoms with Crippen LogP contribution in [0.5, 0.6) is 0 Å². The number of ether oxygens (including phenoxy) is 1. The highest BCUT2D eigenvalue weighted by Crippen LogP contribution is 2.30. The monoisotopic (exact) mass is 197 g/mol. The molecule has 2 fully saturated rings. The van der Waals surface area contributed by atoms with Gasteiger partial charge in [0.05, 0.1) is 6.10 Å². The van der Waals surface area contributed by atoms with Gasteiger partial charge in [0, 0.05) is 12.6 Å². The summed E-state index contributed by atoms with van der Waals surface area (Å²) in [6, 6.07) is 0.614. The van der Waals surface area contributed by atoms with Crippen LogP contribution in [-0.2, 0) is 4.74 Å². The molecule has 1 heterocycles. The van der Waals surface area contributed by atoms with Crippen molar-refractivity contribution >= 4 is 0 Å². The molecule has 0 spiro atoms. The Kier molecular flexibility index (Phi) is 3.45. The molecule has 0 aromatic carbocycles. The van der Waals surface area contributed by atoms with E-state index in [4.69, 9.17) is 4.74 Å². The zero-order valence-corrected chi connectivity index (χ0v) is 9.46. The van der Waals surface area contributed by atoms with Gasteiger partial charge in [-0.15, -0.1) is 0 Å². The molecule has 2 heteroatoms. The van der Waals surface area contributed by atoms with Crippen LogP contribution in [-0.4, -0.2) is 25.3 Å². The Bertz CT molecular complexity index is 163. The number of hydrogen-bond donors (Lipinski definition) is 1. The minimum atomic E-state index is 0.423. The van der Waals surface area contributed by atoms with E-state index >= 15 is 0 Å². The van der Waals surface area contributed by atoms with Crippen molar-refractivity contribution in [3.05, 3.63) is 0 Å². The van der Waals surface area contributed by atoms with Crippen LogP contribution in [0.1, 0.15) is 39.5 Å². The normalized spacial score (nSPS) is 43.3. The minimum Gasteiger partial charge on any atom is -0.377 e. The van der Waals surface area contributed by atoms with Gasteiger partial charge in [0.15, 0.2) is 0 Å². The third-order valence-corrected chi connectivity index (χ3v) is 4.06. The van der Waals surface area contributed by atoms with Gasteiger partial charge in [-0.2, -0.15) is 0 Å². The second kappa shape index (κ2) is 4.63. The van der Waals surface area contributed by atoms with Crippen LogP contribution in [0.15, 0.2) is 0 Å². The molecule has 0 aromatic heterocycles. The van der Waals surface area contributed by atoms with E-state index in [0.717, 1.165) is 18.4 Å². The summed E-state index contributed by atoms with van der Waals surface area (Å²) in [4.78, 5) is 0. The molecule has 4 atom stereocenters. The second-order valence-electron chi connectivity index (χ2n) is 5.05. The Hall–Kier alpha value is -0.0800. The van der Waals surface area contributed by atoms with Gasteiger partial charge in [0.1, 0.15) is 0 Å². The predicted octanol–water partition coefficient (Wildman–Crippen LogP) is 2.19. The maximum absolute atomic E-state index is 5.54. The highest BCUT2D eigenvalue weighted by molar-refractivity contribution is 4.82. The maximum atomic E-state index is 5.54. The molecule has 1 aliphatic carbocycles. The topological polar surface area (TPSA) is 21.3 Å². The van der Waals surface area contributed by atoms with Gasteiger partial charge in [0.25, 0.3) is 0 Å². The number of nitrogens with one attached hydrogen (secondary N) is 1. The van der Waals surface area contributed by atoms with E-state index in [0.29, 0.717) is 12.1 Å².